The first-order valence-corrected chi connectivity index (χ1v) is 20.4. The van der Waals surface area contributed by atoms with Gasteiger partial charge in [-0.25, -0.2) is 8.42 Å². The van der Waals surface area contributed by atoms with E-state index in [2.05, 4.69) is 59.1 Å². The number of esters is 1. The lowest BCUT2D eigenvalue weighted by Crippen LogP contribution is -2.70. The number of methoxy groups -OCH3 is 1. The molecule has 4 atom stereocenters. The molecule has 0 spiro atoms. The van der Waals surface area contributed by atoms with Crippen LogP contribution in [0.2, 0.25) is 31.2 Å². The van der Waals surface area contributed by atoms with Crippen molar-refractivity contribution in [3.63, 3.8) is 0 Å². The van der Waals surface area contributed by atoms with Gasteiger partial charge in [-0.05, 0) is 37.2 Å². The zero-order chi connectivity index (χ0) is 28.3. The number of aryl methyl sites for hydroxylation is 1. The largest absolute Gasteiger partial charge is 0.468 e. The zero-order valence-electron chi connectivity index (χ0n) is 23.9. The van der Waals surface area contributed by atoms with Gasteiger partial charge < -0.3 is 13.9 Å². The summed E-state index contributed by atoms with van der Waals surface area (Å²) in [6.45, 7) is 17.0. The van der Waals surface area contributed by atoms with Gasteiger partial charge in [-0.2, -0.15) is 4.31 Å². The van der Waals surface area contributed by atoms with Gasteiger partial charge in [0.1, 0.15) is 25.5 Å². The maximum absolute atomic E-state index is 14.2. The number of ether oxygens (including phenoxy) is 2. The Balaban J connectivity index is 1.90. The minimum Gasteiger partial charge on any atom is -0.468 e. The summed E-state index contributed by atoms with van der Waals surface area (Å²) < 4.78 is 48.5. The Morgan fingerprint density at radius 3 is 2.13 bits per heavy atom. The summed E-state index contributed by atoms with van der Waals surface area (Å²) in [6, 6.07) is 15.7. The summed E-state index contributed by atoms with van der Waals surface area (Å²) in [5.41, 5.74) is 0.950. The van der Waals surface area contributed by atoms with E-state index in [1.165, 1.54) is 11.4 Å². The van der Waals surface area contributed by atoms with Crippen LogP contribution in [0.15, 0.2) is 59.5 Å². The molecule has 0 saturated carbocycles. The van der Waals surface area contributed by atoms with E-state index in [-0.39, 0.29) is 16.5 Å². The van der Waals surface area contributed by atoms with Crippen LogP contribution in [0.1, 0.15) is 26.3 Å². The smallest absolute Gasteiger partial charge is 0.326 e. The highest BCUT2D eigenvalue weighted by molar-refractivity contribution is 7.89. The molecule has 0 unspecified atom stereocenters. The molecule has 208 valence electrons. The van der Waals surface area contributed by atoms with Crippen LogP contribution >= 0.6 is 0 Å². The fraction of sp³-hybridized carbons (Fsp3) is 0.536. The minimum atomic E-state index is -4.08. The lowest BCUT2D eigenvalue weighted by molar-refractivity contribution is -0.149. The van der Waals surface area contributed by atoms with E-state index in [0.29, 0.717) is 0 Å². The van der Waals surface area contributed by atoms with Gasteiger partial charge in [0.15, 0.2) is 14.4 Å². The van der Waals surface area contributed by atoms with Gasteiger partial charge in [-0.3, -0.25) is 4.79 Å². The summed E-state index contributed by atoms with van der Waals surface area (Å²) in [4.78, 5) is 13.5. The Hall–Kier alpha value is -1.83. The van der Waals surface area contributed by atoms with Gasteiger partial charge in [0, 0.05) is 6.54 Å². The van der Waals surface area contributed by atoms with E-state index in [4.69, 9.17) is 13.9 Å². The lowest BCUT2D eigenvalue weighted by atomic mass is 10.0. The average molecular weight is 576 g/mol. The summed E-state index contributed by atoms with van der Waals surface area (Å²) in [7, 11) is -7.68. The maximum Gasteiger partial charge on any atom is 0.326 e. The van der Waals surface area contributed by atoms with Gasteiger partial charge in [-0.15, -0.1) is 0 Å². The summed E-state index contributed by atoms with van der Waals surface area (Å²) in [5, 5.41) is 0.261. The molecule has 2 fully saturated rings. The third-order valence-corrected chi connectivity index (χ3v) is 19.7. The third kappa shape index (κ3) is 4.73. The van der Waals surface area contributed by atoms with Crippen molar-refractivity contribution in [2.24, 2.45) is 0 Å². The van der Waals surface area contributed by atoms with Crippen LogP contribution < -0.4 is 5.19 Å². The molecule has 0 bridgehead atoms. The van der Waals surface area contributed by atoms with Crippen LogP contribution in [0.25, 0.3) is 0 Å². The number of carbonyl (C=O) groups excluding carboxylic acids is 1. The Morgan fingerprint density at radius 1 is 1.03 bits per heavy atom. The number of epoxide rings is 1. The van der Waals surface area contributed by atoms with Crippen molar-refractivity contribution < 1.29 is 27.1 Å². The number of rotatable bonds is 7. The topological polar surface area (TPSA) is 85.4 Å². The van der Waals surface area contributed by atoms with Crippen molar-refractivity contribution >= 4 is 37.6 Å². The molecule has 38 heavy (non-hydrogen) atoms. The molecular formula is C28H41NO6SSi2. The highest BCUT2D eigenvalue weighted by Gasteiger charge is 2.76. The van der Waals surface area contributed by atoms with Crippen LogP contribution in [-0.2, 0) is 28.7 Å². The van der Waals surface area contributed by atoms with Crippen molar-refractivity contribution in [1.82, 2.24) is 4.31 Å². The number of hydrogen-bond donors (Lipinski definition) is 0. The normalized spacial score (nSPS) is 26.5. The SMILES string of the molecule is COC(=O)[C@@H]1[C@@H](O[Si](C)(C)C(C)(C)C)[C@@H]2O[C@]2([Si](C)(C)c2ccccc2)CN1S(=O)(=O)c1ccc(C)cc1. The number of fused-ring (bicyclic) bond motifs is 1. The molecule has 2 aliphatic rings. The van der Waals surface area contributed by atoms with E-state index >= 15 is 0 Å². The molecule has 7 nitrogen and oxygen atoms in total. The molecule has 2 saturated heterocycles. The van der Waals surface area contributed by atoms with Crippen molar-refractivity contribution in [2.45, 2.75) is 87.3 Å². The quantitative estimate of drug-likeness (QED) is 0.279. The summed E-state index contributed by atoms with van der Waals surface area (Å²) in [5.74, 6) is -0.632. The molecule has 0 N–H and O–H groups in total. The molecule has 2 heterocycles. The highest BCUT2D eigenvalue weighted by atomic mass is 32.2. The van der Waals surface area contributed by atoms with E-state index < -0.39 is 55.9 Å². The second-order valence-electron chi connectivity index (χ2n) is 12.6. The molecule has 0 aliphatic carbocycles. The predicted octanol–water partition coefficient (Wildman–Crippen LogP) is 4.22. The molecule has 4 rings (SSSR count). The van der Waals surface area contributed by atoms with E-state index in [1.807, 2.05) is 25.1 Å². The lowest BCUT2D eigenvalue weighted by Gasteiger charge is -2.47. The second-order valence-corrected chi connectivity index (χ2v) is 23.9. The standard InChI is InChI=1S/C28H41NO6SSi2/c1-20-15-17-21(18-16-20)36(31,32)29-19-28(37(6,7)22-13-11-10-12-14-22)25(34-28)24(23(29)26(30)33-5)35-38(8,9)27(2,3)4/h10-18,23-25H,19H2,1-9H3/t23-,24+,25-,28-/m0/s1. The fourth-order valence-corrected chi connectivity index (χ4v) is 11.6. The summed E-state index contributed by atoms with van der Waals surface area (Å²) in [6.07, 6.45) is -1.19. The van der Waals surface area contributed by atoms with Crippen molar-refractivity contribution in [2.75, 3.05) is 13.7 Å². The first-order chi connectivity index (χ1) is 17.5. The van der Waals surface area contributed by atoms with Crippen LogP contribution in [-0.4, -0.2) is 72.2 Å². The fourth-order valence-electron chi connectivity index (χ4n) is 5.21. The molecule has 2 aromatic carbocycles. The molecule has 2 aliphatic heterocycles. The van der Waals surface area contributed by atoms with Crippen molar-refractivity contribution in [3.8, 4) is 0 Å². The summed E-state index contributed by atoms with van der Waals surface area (Å²) >= 11 is 0. The number of piperidine rings is 1. The van der Waals surface area contributed by atoms with Crippen LogP contribution in [0.3, 0.4) is 0 Å². The average Bonchev–Trinajstić information content (AvgIpc) is 3.60. The Kier molecular flexibility index (Phi) is 7.42. The Labute approximate surface area is 229 Å². The van der Waals surface area contributed by atoms with E-state index in [9.17, 15) is 13.2 Å². The van der Waals surface area contributed by atoms with Crippen LogP contribution in [0, 0.1) is 6.92 Å². The first-order valence-electron chi connectivity index (χ1n) is 13.1. The predicted molar refractivity (Wildman–Crippen MR) is 154 cm³/mol. The number of carbonyl (C=O) groups is 1. The van der Waals surface area contributed by atoms with Gasteiger partial charge in [0.25, 0.3) is 0 Å². The van der Waals surface area contributed by atoms with Gasteiger partial charge in [0.2, 0.25) is 10.0 Å². The van der Waals surface area contributed by atoms with E-state index in [1.54, 1.807) is 24.3 Å². The van der Waals surface area contributed by atoms with Gasteiger partial charge >= 0.3 is 5.97 Å². The second kappa shape index (κ2) is 9.67. The van der Waals surface area contributed by atoms with Crippen molar-refractivity contribution in [1.29, 1.82) is 0 Å². The van der Waals surface area contributed by atoms with Crippen LogP contribution in [0.5, 0.6) is 0 Å². The molecule has 0 amide bonds. The van der Waals surface area contributed by atoms with Gasteiger partial charge in [0.05, 0.1) is 12.0 Å². The first kappa shape index (κ1) is 29.2. The van der Waals surface area contributed by atoms with Crippen molar-refractivity contribution in [3.05, 3.63) is 60.2 Å². The molecule has 10 heteroatoms. The number of nitrogens with zero attached hydrogens (tertiary/aromatic N) is 1. The minimum absolute atomic E-state index is 0.0686. The number of hydrogen-bond acceptors (Lipinski definition) is 6. The Bertz CT molecular complexity index is 1290. The molecule has 0 radical (unpaired) electrons. The number of sulfonamides is 1. The molecule has 2 aromatic rings. The van der Waals surface area contributed by atoms with Crippen LogP contribution in [0.4, 0.5) is 0 Å². The number of benzene rings is 2. The Morgan fingerprint density at radius 2 is 1.61 bits per heavy atom. The monoisotopic (exact) mass is 575 g/mol. The third-order valence-electron chi connectivity index (χ3n) is 8.91. The highest BCUT2D eigenvalue weighted by Crippen LogP contribution is 2.54. The maximum atomic E-state index is 14.2. The van der Waals surface area contributed by atoms with Gasteiger partial charge in [-0.1, -0.05) is 87.1 Å². The zero-order valence-corrected chi connectivity index (χ0v) is 26.8. The van der Waals surface area contributed by atoms with E-state index in [0.717, 1.165) is 10.8 Å². The molecule has 0 aromatic heterocycles. The molecular weight excluding hydrogens is 535 g/mol.